The number of nitrogens with two attached hydrogens (primary N) is 1. The van der Waals surface area contributed by atoms with Gasteiger partial charge in [-0.3, -0.25) is 4.79 Å². The third-order valence-corrected chi connectivity index (χ3v) is 2.50. The van der Waals surface area contributed by atoms with Gasteiger partial charge in [0.1, 0.15) is 0 Å². The van der Waals surface area contributed by atoms with Crippen LogP contribution >= 0.6 is 0 Å². The summed E-state index contributed by atoms with van der Waals surface area (Å²) in [7, 11) is 1.65. The second-order valence-electron chi connectivity index (χ2n) is 4.08. The van der Waals surface area contributed by atoms with Crippen LogP contribution in [0.2, 0.25) is 0 Å². The van der Waals surface area contributed by atoms with E-state index in [0.29, 0.717) is 25.3 Å². The number of rotatable bonds is 6. The Hall–Kier alpha value is -1.55. The fourth-order valence-corrected chi connectivity index (χ4v) is 1.57. The van der Waals surface area contributed by atoms with Crippen LogP contribution in [0.5, 0.6) is 0 Å². The lowest BCUT2D eigenvalue weighted by Crippen LogP contribution is -2.27. The first-order valence-electron chi connectivity index (χ1n) is 5.74. The van der Waals surface area contributed by atoms with Crippen LogP contribution in [-0.4, -0.2) is 26.2 Å². The normalized spacial score (nSPS) is 10.2. The van der Waals surface area contributed by atoms with Gasteiger partial charge in [0.15, 0.2) is 0 Å². The molecule has 0 unspecified atom stereocenters. The van der Waals surface area contributed by atoms with Gasteiger partial charge >= 0.3 is 0 Å². The van der Waals surface area contributed by atoms with Crippen molar-refractivity contribution in [3.8, 4) is 0 Å². The summed E-state index contributed by atoms with van der Waals surface area (Å²) in [5.74, 6) is -0.00148. The van der Waals surface area contributed by atoms with E-state index in [4.69, 9.17) is 10.5 Å². The molecule has 1 aromatic carbocycles. The van der Waals surface area contributed by atoms with Gasteiger partial charge in [-0.1, -0.05) is 17.7 Å². The number of carbonyl (C=O) groups is 1. The fourth-order valence-electron chi connectivity index (χ4n) is 1.57. The van der Waals surface area contributed by atoms with Gasteiger partial charge in [0.05, 0.1) is 6.42 Å². The van der Waals surface area contributed by atoms with Crippen LogP contribution in [0.3, 0.4) is 0 Å². The second-order valence-corrected chi connectivity index (χ2v) is 4.08. The highest BCUT2D eigenvalue weighted by Crippen LogP contribution is 2.14. The van der Waals surface area contributed by atoms with Crippen LogP contribution in [0, 0.1) is 6.92 Å². The van der Waals surface area contributed by atoms with Crippen LogP contribution in [-0.2, 0) is 16.0 Å². The molecule has 0 saturated carbocycles. The Bertz CT molecular complexity index is 378. The van der Waals surface area contributed by atoms with Crippen LogP contribution in [0.25, 0.3) is 0 Å². The molecule has 4 heteroatoms. The van der Waals surface area contributed by atoms with Gasteiger partial charge in [0, 0.05) is 25.9 Å². The average molecular weight is 236 g/mol. The molecule has 0 spiro atoms. The predicted octanol–water partition coefficient (Wildman–Crippen LogP) is 1.27. The number of hydrogen-bond acceptors (Lipinski definition) is 3. The zero-order valence-electron chi connectivity index (χ0n) is 10.5. The number of amides is 1. The van der Waals surface area contributed by atoms with Crippen LogP contribution in [0.15, 0.2) is 18.2 Å². The molecule has 0 aliphatic heterocycles. The summed E-state index contributed by atoms with van der Waals surface area (Å²) in [5, 5.41) is 2.84. The largest absolute Gasteiger partial charge is 0.398 e. The molecule has 0 saturated heterocycles. The third kappa shape index (κ3) is 4.87. The van der Waals surface area contributed by atoms with E-state index in [1.54, 1.807) is 7.11 Å². The van der Waals surface area contributed by atoms with E-state index in [1.807, 2.05) is 25.1 Å². The molecule has 0 bridgehead atoms. The van der Waals surface area contributed by atoms with Crippen LogP contribution in [0.4, 0.5) is 5.69 Å². The van der Waals surface area contributed by atoms with Crippen molar-refractivity contribution in [1.29, 1.82) is 0 Å². The summed E-state index contributed by atoms with van der Waals surface area (Å²) in [6, 6.07) is 5.72. The minimum atomic E-state index is -0.00148. The minimum Gasteiger partial charge on any atom is -0.398 e. The number of ether oxygens (including phenoxy) is 1. The van der Waals surface area contributed by atoms with E-state index >= 15 is 0 Å². The van der Waals surface area contributed by atoms with Gasteiger partial charge in [0.25, 0.3) is 0 Å². The lowest BCUT2D eigenvalue weighted by atomic mass is 10.1. The monoisotopic (exact) mass is 236 g/mol. The number of hydrogen-bond donors (Lipinski definition) is 2. The molecule has 0 atom stereocenters. The Labute approximate surface area is 102 Å². The fraction of sp³-hybridized carbons (Fsp3) is 0.462. The number of aryl methyl sites for hydroxylation is 1. The van der Waals surface area contributed by atoms with Crippen molar-refractivity contribution in [2.75, 3.05) is 26.0 Å². The SMILES string of the molecule is COCCCNC(=O)Cc1cc(C)ccc1N. The summed E-state index contributed by atoms with van der Waals surface area (Å²) < 4.78 is 4.91. The van der Waals surface area contributed by atoms with E-state index in [1.165, 1.54) is 0 Å². The summed E-state index contributed by atoms with van der Waals surface area (Å²) >= 11 is 0. The maximum Gasteiger partial charge on any atom is 0.224 e. The minimum absolute atomic E-state index is 0.00148. The Balaban J connectivity index is 2.42. The number of nitrogen functional groups attached to an aromatic ring is 1. The molecule has 0 aliphatic rings. The zero-order chi connectivity index (χ0) is 12.7. The molecule has 0 aliphatic carbocycles. The molecule has 0 heterocycles. The smallest absolute Gasteiger partial charge is 0.224 e. The average Bonchev–Trinajstić information content (AvgIpc) is 2.29. The van der Waals surface area contributed by atoms with Crippen LogP contribution in [0.1, 0.15) is 17.5 Å². The number of benzene rings is 1. The first kappa shape index (κ1) is 13.5. The first-order valence-corrected chi connectivity index (χ1v) is 5.74. The molecule has 94 valence electrons. The predicted molar refractivity (Wildman–Crippen MR) is 68.8 cm³/mol. The van der Waals surface area contributed by atoms with Crippen molar-refractivity contribution in [2.45, 2.75) is 19.8 Å². The van der Waals surface area contributed by atoms with Gasteiger partial charge in [-0.2, -0.15) is 0 Å². The highest BCUT2D eigenvalue weighted by atomic mass is 16.5. The van der Waals surface area contributed by atoms with Gasteiger partial charge in [-0.25, -0.2) is 0 Å². The lowest BCUT2D eigenvalue weighted by molar-refractivity contribution is -0.120. The summed E-state index contributed by atoms with van der Waals surface area (Å²) in [6.45, 7) is 3.28. The highest BCUT2D eigenvalue weighted by molar-refractivity contribution is 5.80. The highest BCUT2D eigenvalue weighted by Gasteiger charge is 2.06. The quantitative estimate of drug-likeness (QED) is 0.577. The summed E-state index contributed by atoms with van der Waals surface area (Å²) in [5.41, 5.74) is 8.48. The molecule has 1 rings (SSSR count). The van der Waals surface area contributed by atoms with Crippen molar-refractivity contribution >= 4 is 11.6 Å². The Morgan fingerprint density at radius 2 is 2.24 bits per heavy atom. The van der Waals surface area contributed by atoms with Gasteiger partial charge in [-0.05, 0) is 25.0 Å². The second kappa shape index (κ2) is 6.91. The number of nitrogens with one attached hydrogen (secondary N) is 1. The van der Waals surface area contributed by atoms with Crippen molar-refractivity contribution in [1.82, 2.24) is 5.32 Å². The van der Waals surface area contributed by atoms with E-state index in [2.05, 4.69) is 5.32 Å². The first-order chi connectivity index (χ1) is 8.13. The molecule has 0 aromatic heterocycles. The number of carbonyl (C=O) groups excluding carboxylic acids is 1. The van der Waals surface area contributed by atoms with Crippen molar-refractivity contribution in [3.05, 3.63) is 29.3 Å². The molecule has 17 heavy (non-hydrogen) atoms. The molecule has 0 radical (unpaired) electrons. The zero-order valence-corrected chi connectivity index (χ0v) is 10.5. The van der Waals surface area contributed by atoms with Crippen LogP contribution < -0.4 is 11.1 Å². The Morgan fingerprint density at radius 1 is 1.47 bits per heavy atom. The molecule has 1 aromatic rings. The Kier molecular flexibility index (Phi) is 5.49. The number of methoxy groups -OCH3 is 1. The van der Waals surface area contributed by atoms with Gasteiger partial charge in [0.2, 0.25) is 5.91 Å². The van der Waals surface area contributed by atoms with E-state index in [-0.39, 0.29) is 5.91 Å². The summed E-state index contributed by atoms with van der Waals surface area (Å²) in [4.78, 5) is 11.6. The molecule has 0 fully saturated rings. The molecule has 3 N–H and O–H groups in total. The standard InChI is InChI=1S/C13H20N2O2/c1-10-4-5-12(14)11(8-10)9-13(16)15-6-3-7-17-2/h4-5,8H,3,6-7,9,14H2,1-2H3,(H,15,16). The topological polar surface area (TPSA) is 64.3 Å². The lowest BCUT2D eigenvalue weighted by Gasteiger charge is -2.08. The van der Waals surface area contributed by atoms with E-state index < -0.39 is 0 Å². The maximum absolute atomic E-state index is 11.6. The van der Waals surface area contributed by atoms with Gasteiger partial charge < -0.3 is 15.8 Å². The van der Waals surface area contributed by atoms with E-state index in [0.717, 1.165) is 17.5 Å². The summed E-state index contributed by atoms with van der Waals surface area (Å²) in [6.07, 6.45) is 1.16. The van der Waals surface area contributed by atoms with Crippen molar-refractivity contribution in [3.63, 3.8) is 0 Å². The van der Waals surface area contributed by atoms with E-state index in [9.17, 15) is 4.79 Å². The van der Waals surface area contributed by atoms with Crippen molar-refractivity contribution < 1.29 is 9.53 Å². The third-order valence-electron chi connectivity index (χ3n) is 2.50. The molecule has 1 amide bonds. The van der Waals surface area contributed by atoms with Crippen molar-refractivity contribution in [2.24, 2.45) is 0 Å². The van der Waals surface area contributed by atoms with Gasteiger partial charge in [-0.15, -0.1) is 0 Å². The molecule has 4 nitrogen and oxygen atoms in total. The molecular formula is C13H20N2O2. The maximum atomic E-state index is 11.6. The number of anilines is 1. The molecular weight excluding hydrogens is 216 g/mol. The Morgan fingerprint density at radius 3 is 2.94 bits per heavy atom.